The van der Waals surface area contributed by atoms with Crippen LogP contribution in [0.3, 0.4) is 0 Å². The molecule has 4 heterocycles. The molecule has 1 amide bonds. The molecule has 1 fully saturated rings. The first-order valence-corrected chi connectivity index (χ1v) is 11.8. The van der Waals surface area contributed by atoms with Gasteiger partial charge < -0.3 is 9.88 Å². The average Bonchev–Trinajstić information content (AvgIpc) is 3.40. The summed E-state index contributed by atoms with van der Waals surface area (Å²) in [7, 11) is 1.86. The minimum absolute atomic E-state index is 0.0685. The van der Waals surface area contributed by atoms with E-state index in [1.165, 1.54) is 22.2 Å². The Hall–Kier alpha value is -3.41. The van der Waals surface area contributed by atoms with E-state index >= 15 is 0 Å². The van der Waals surface area contributed by atoms with Crippen LogP contribution >= 0.6 is 0 Å². The number of rotatable bonds is 4. The lowest BCUT2D eigenvalue weighted by Gasteiger charge is -2.33. The van der Waals surface area contributed by atoms with E-state index in [1.807, 2.05) is 30.4 Å². The molecule has 5 rings (SSSR count). The van der Waals surface area contributed by atoms with Crippen LogP contribution in [0.5, 0.6) is 0 Å². The van der Waals surface area contributed by atoms with Gasteiger partial charge in [0.15, 0.2) is 0 Å². The van der Waals surface area contributed by atoms with Gasteiger partial charge in [0.05, 0.1) is 5.69 Å². The molecule has 1 aliphatic heterocycles. The van der Waals surface area contributed by atoms with Crippen LogP contribution in [-0.2, 0) is 7.05 Å². The highest BCUT2D eigenvalue weighted by atomic mass is 16.2. The molecule has 1 unspecified atom stereocenters. The number of fused-ring (bicyclic) bond motifs is 1. The molecular weight excluding hydrogens is 410 g/mol. The van der Waals surface area contributed by atoms with Crippen molar-refractivity contribution in [2.75, 3.05) is 13.1 Å². The molecule has 3 aromatic heterocycles. The molecule has 0 radical (unpaired) electrons. The Kier molecular flexibility index (Phi) is 5.52. The maximum atomic E-state index is 13.5. The third-order valence-electron chi connectivity index (χ3n) is 6.78. The first-order valence-electron chi connectivity index (χ1n) is 11.8. The molecule has 1 atom stereocenters. The quantitative estimate of drug-likeness (QED) is 0.460. The number of pyridine rings is 1. The van der Waals surface area contributed by atoms with Gasteiger partial charge in [-0.1, -0.05) is 25.5 Å². The molecule has 0 spiro atoms. The zero-order valence-electron chi connectivity index (χ0n) is 19.8. The minimum Gasteiger partial charge on any atom is -0.358 e. The summed E-state index contributed by atoms with van der Waals surface area (Å²) in [6.45, 7) is 7.81. The van der Waals surface area contributed by atoms with E-state index in [9.17, 15) is 4.79 Å². The van der Waals surface area contributed by atoms with Crippen LogP contribution in [0.1, 0.15) is 66.0 Å². The number of benzene rings is 1. The molecule has 6 heteroatoms. The lowest BCUT2D eigenvalue weighted by atomic mass is 9.89. The van der Waals surface area contributed by atoms with Crippen LogP contribution < -0.4 is 0 Å². The van der Waals surface area contributed by atoms with Crippen molar-refractivity contribution in [2.45, 2.75) is 45.4 Å². The van der Waals surface area contributed by atoms with E-state index in [0.29, 0.717) is 18.2 Å². The third kappa shape index (κ3) is 3.94. The summed E-state index contributed by atoms with van der Waals surface area (Å²) in [6.07, 6.45) is 5.73. The molecular formula is C27H31N5O. The van der Waals surface area contributed by atoms with Gasteiger partial charge in [-0.3, -0.25) is 14.5 Å². The van der Waals surface area contributed by atoms with E-state index in [1.54, 1.807) is 4.68 Å². The summed E-state index contributed by atoms with van der Waals surface area (Å²) in [5, 5.41) is 5.78. The van der Waals surface area contributed by atoms with Gasteiger partial charge in [0.25, 0.3) is 5.91 Å². The predicted molar refractivity (Wildman–Crippen MR) is 131 cm³/mol. The monoisotopic (exact) mass is 441 g/mol. The van der Waals surface area contributed by atoms with Gasteiger partial charge in [0, 0.05) is 60.6 Å². The highest BCUT2D eigenvalue weighted by Gasteiger charge is 2.30. The molecule has 1 N–H and O–H groups in total. The van der Waals surface area contributed by atoms with E-state index < -0.39 is 0 Å². The van der Waals surface area contributed by atoms with Crippen molar-refractivity contribution >= 4 is 16.8 Å². The average molecular weight is 442 g/mol. The number of amides is 1. The van der Waals surface area contributed by atoms with E-state index in [-0.39, 0.29) is 11.8 Å². The Morgan fingerprint density at radius 1 is 1.15 bits per heavy atom. The highest BCUT2D eigenvalue weighted by molar-refractivity contribution is 5.98. The fraction of sp³-hybridized carbons (Fsp3) is 0.370. The van der Waals surface area contributed by atoms with E-state index in [4.69, 9.17) is 0 Å². The first kappa shape index (κ1) is 21.4. The lowest BCUT2D eigenvalue weighted by molar-refractivity contribution is 0.0695. The second-order valence-corrected chi connectivity index (χ2v) is 9.52. The summed E-state index contributed by atoms with van der Waals surface area (Å²) in [6, 6.07) is 12.6. The summed E-state index contributed by atoms with van der Waals surface area (Å²) in [5.74, 6) is 0.611. The largest absolute Gasteiger partial charge is 0.358 e. The van der Waals surface area contributed by atoms with Crippen molar-refractivity contribution in [1.82, 2.24) is 24.6 Å². The predicted octanol–water partition coefficient (Wildman–Crippen LogP) is 5.42. The fourth-order valence-corrected chi connectivity index (χ4v) is 4.99. The lowest BCUT2D eigenvalue weighted by Crippen LogP contribution is -2.40. The SMILES string of the molecule is Cc1ccc2[nH]c(C3CCCN(C(=O)c4cc(C(C)C)nn4C)C3)c(-c3ccncc3)c2c1. The van der Waals surface area contributed by atoms with Crippen LogP contribution in [0.2, 0.25) is 0 Å². The smallest absolute Gasteiger partial charge is 0.272 e. The number of piperidine rings is 1. The number of hydrogen-bond acceptors (Lipinski definition) is 3. The Labute approximate surface area is 194 Å². The molecule has 6 nitrogen and oxygen atoms in total. The zero-order chi connectivity index (χ0) is 23.1. The van der Waals surface area contributed by atoms with Crippen LogP contribution in [0.15, 0.2) is 48.8 Å². The van der Waals surface area contributed by atoms with Crippen LogP contribution in [0, 0.1) is 6.92 Å². The number of aromatic nitrogens is 4. The standard InChI is InChI=1S/C27H31N5O/c1-17(2)23-15-24(31(4)30-23)27(33)32-13-5-6-20(16-32)26-25(19-9-11-28-12-10-19)21-14-18(3)7-8-22(21)29-26/h7-12,14-15,17,20,29H,5-6,13,16H2,1-4H3. The van der Waals surface area contributed by atoms with Gasteiger partial charge in [-0.25, -0.2) is 0 Å². The van der Waals surface area contributed by atoms with Gasteiger partial charge in [-0.05, 0) is 61.6 Å². The molecule has 4 aromatic rings. The Bertz CT molecular complexity index is 1300. The number of hydrogen-bond donors (Lipinski definition) is 1. The van der Waals surface area contributed by atoms with Crippen molar-refractivity contribution in [2.24, 2.45) is 7.05 Å². The summed E-state index contributed by atoms with van der Waals surface area (Å²) in [4.78, 5) is 23.4. The van der Waals surface area contributed by atoms with Crippen molar-refractivity contribution < 1.29 is 4.79 Å². The van der Waals surface area contributed by atoms with Crippen molar-refractivity contribution in [3.05, 3.63) is 71.4 Å². The summed E-state index contributed by atoms with van der Waals surface area (Å²) >= 11 is 0. The Morgan fingerprint density at radius 2 is 1.94 bits per heavy atom. The summed E-state index contributed by atoms with van der Waals surface area (Å²) in [5.41, 5.74) is 7.61. The Balaban J connectivity index is 1.51. The maximum Gasteiger partial charge on any atom is 0.272 e. The van der Waals surface area contributed by atoms with Gasteiger partial charge in [-0.15, -0.1) is 0 Å². The van der Waals surface area contributed by atoms with Crippen molar-refractivity contribution in [3.63, 3.8) is 0 Å². The number of nitrogens with zero attached hydrogens (tertiary/aromatic N) is 4. The molecule has 0 saturated carbocycles. The number of aromatic amines is 1. The van der Waals surface area contributed by atoms with E-state index in [0.717, 1.165) is 36.2 Å². The first-order chi connectivity index (χ1) is 15.9. The number of carbonyl (C=O) groups excluding carboxylic acids is 1. The molecule has 0 bridgehead atoms. The normalized spacial score (nSPS) is 16.6. The van der Waals surface area contributed by atoms with Gasteiger partial charge in [-0.2, -0.15) is 5.10 Å². The van der Waals surface area contributed by atoms with Crippen LogP contribution in [-0.4, -0.2) is 43.6 Å². The second-order valence-electron chi connectivity index (χ2n) is 9.52. The highest BCUT2D eigenvalue weighted by Crippen LogP contribution is 2.39. The maximum absolute atomic E-state index is 13.5. The molecule has 0 aliphatic carbocycles. The van der Waals surface area contributed by atoms with E-state index in [2.05, 4.69) is 66.2 Å². The Morgan fingerprint density at radius 3 is 2.67 bits per heavy atom. The molecule has 1 saturated heterocycles. The molecule has 1 aromatic carbocycles. The molecule has 33 heavy (non-hydrogen) atoms. The van der Waals surface area contributed by atoms with Gasteiger partial charge >= 0.3 is 0 Å². The second kappa shape index (κ2) is 8.50. The fourth-order valence-electron chi connectivity index (χ4n) is 4.99. The van der Waals surface area contributed by atoms with Crippen LogP contribution in [0.4, 0.5) is 0 Å². The minimum atomic E-state index is 0.0685. The number of H-pyrrole nitrogens is 1. The van der Waals surface area contributed by atoms with Crippen LogP contribution in [0.25, 0.3) is 22.0 Å². The number of likely N-dealkylation sites (tertiary alicyclic amines) is 1. The summed E-state index contributed by atoms with van der Waals surface area (Å²) < 4.78 is 1.73. The number of carbonyl (C=O) groups is 1. The third-order valence-corrected chi connectivity index (χ3v) is 6.78. The zero-order valence-corrected chi connectivity index (χ0v) is 19.8. The molecule has 170 valence electrons. The van der Waals surface area contributed by atoms with Gasteiger partial charge in [0.1, 0.15) is 5.69 Å². The number of aryl methyl sites for hydroxylation is 2. The van der Waals surface area contributed by atoms with Crippen molar-refractivity contribution in [3.8, 4) is 11.1 Å². The van der Waals surface area contributed by atoms with Crippen molar-refractivity contribution in [1.29, 1.82) is 0 Å². The molecule has 1 aliphatic rings. The number of nitrogens with one attached hydrogen (secondary N) is 1. The van der Waals surface area contributed by atoms with Gasteiger partial charge in [0.2, 0.25) is 0 Å². The topological polar surface area (TPSA) is 66.8 Å².